The van der Waals surface area contributed by atoms with Crippen LogP contribution in [0.5, 0.6) is 0 Å². The van der Waals surface area contributed by atoms with Crippen LogP contribution in [0.4, 0.5) is 10.5 Å². The monoisotopic (exact) mass is 460 g/mol. The lowest BCUT2D eigenvalue weighted by molar-refractivity contribution is 0.257. The van der Waals surface area contributed by atoms with Crippen molar-refractivity contribution in [2.45, 2.75) is 51.5 Å². The summed E-state index contributed by atoms with van der Waals surface area (Å²) < 4.78 is 27.3. The lowest BCUT2D eigenvalue weighted by Crippen LogP contribution is -2.23. The number of amides is 2. The van der Waals surface area contributed by atoms with Crippen molar-refractivity contribution in [1.82, 2.24) is 14.3 Å². The van der Waals surface area contributed by atoms with Gasteiger partial charge in [-0.25, -0.2) is 18.2 Å². The summed E-state index contributed by atoms with van der Waals surface area (Å²) in [7, 11) is -2.96. The molecule has 0 spiro atoms. The van der Waals surface area contributed by atoms with Gasteiger partial charge in [0.15, 0.2) is 0 Å². The first-order valence-electron chi connectivity index (χ1n) is 10.7. The number of nitrogens with one attached hydrogen (secondary N) is 2. The molecule has 0 atom stereocenters. The SMILES string of the molecule is CS(=O)(=O)CCCn1ccnc1/C=C/SNC(=O)Nc1c2c(cc3c1CCC3)CCC2. The number of hydrogen-bond donors (Lipinski definition) is 2. The first-order valence-corrected chi connectivity index (χ1v) is 13.6. The zero-order valence-corrected chi connectivity index (χ0v) is 19.3. The van der Waals surface area contributed by atoms with Gasteiger partial charge in [0.1, 0.15) is 15.7 Å². The summed E-state index contributed by atoms with van der Waals surface area (Å²) in [5.41, 5.74) is 6.45. The Morgan fingerprint density at radius 1 is 1.19 bits per heavy atom. The number of rotatable bonds is 8. The number of urea groups is 1. The van der Waals surface area contributed by atoms with Crippen molar-refractivity contribution < 1.29 is 13.2 Å². The summed E-state index contributed by atoms with van der Waals surface area (Å²) in [6.07, 6.45) is 13.7. The molecule has 1 aromatic heterocycles. The predicted molar refractivity (Wildman–Crippen MR) is 126 cm³/mol. The standard InChI is InChI=1S/C22H28N4O3S2/c1-31(28,29)14-4-11-26-12-10-23-20(26)9-13-30-25-22(27)24-21-18-7-2-5-16(18)15-17-6-3-8-19(17)21/h9-10,12-13,15H,2-8,11,14H2,1H3,(H2,24,25,27)/b13-9+. The lowest BCUT2D eigenvalue weighted by Gasteiger charge is -2.16. The van der Waals surface area contributed by atoms with Crippen LogP contribution in [0.15, 0.2) is 23.9 Å². The average Bonchev–Trinajstić information content (AvgIpc) is 3.45. The molecular formula is C22H28N4O3S2. The minimum atomic E-state index is -2.96. The largest absolute Gasteiger partial charge is 0.331 e. The van der Waals surface area contributed by atoms with Crippen LogP contribution >= 0.6 is 11.9 Å². The Kier molecular flexibility index (Phi) is 6.71. The van der Waals surface area contributed by atoms with E-state index in [2.05, 4.69) is 21.1 Å². The second-order valence-corrected chi connectivity index (χ2v) is 11.1. The highest BCUT2D eigenvalue weighted by Crippen LogP contribution is 2.38. The quantitative estimate of drug-likeness (QED) is 0.586. The van der Waals surface area contributed by atoms with E-state index in [1.807, 2.05) is 16.8 Å². The molecule has 0 unspecified atom stereocenters. The van der Waals surface area contributed by atoms with Crippen LogP contribution in [-0.4, -0.2) is 36.0 Å². The summed E-state index contributed by atoms with van der Waals surface area (Å²) in [5, 5.41) is 4.88. The molecule has 0 aliphatic heterocycles. The molecule has 2 aromatic rings. The van der Waals surface area contributed by atoms with Gasteiger partial charge in [-0.2, -0.15) is 0 Å². The highest BCUT2D eigenvalue weighted by atomic mass is 32.2. The van der Waals surface area contributed by atoms with Gasteiger partial charge in [-0.1, -0.05) is 6.07 Å². The van der Waals surface area contributed by atoms with Gasteiger partial charge in [0.2, 0.25) is 0 Å². The molecule has 1 aromatic carbocycles. The van der Waals surface area contributed by atoms with Gasteiger partial charge in [-0.3, -0.25) is 4.72 Å². The fourth-order valence-corrected chi connectivity index (χ4v) is 5.52. The maximum atomic E-state index is 12.5. The summed E-state index contributed by atoms with van der Waals surface area (Å²) in [6.45, 7) is 0.579. The van der Waals surface area contributed by atoms with Gasteiger partial charge < -0.3 is 9.88 Å². The lowest BCUT2D eigenvalue weighted by atomic mass is 9.99. The molecule has 31 heavy (non-hydrogen) atoms. The van der Waals surface area contributed by atoms with Crippen molar-refractivity contribution in [3.8, 4) is 0 Å². The van der Waals surface area contributed by atoms with Gasteiger partial charge in [0, 0.05) is 30.9 Å². The maximum Gasteiger partial charge on any atom is 0.329 e. The van der Waals surface area contributed by atoms with E-state index in [4.69, 9.17) is 0 Å². The Morgan fingerprint density at radius 3 is 2.58 bits per heavy atom. The Bertz CT molecular complexity index is 1070. The number of carbonyl (C=O) groups excluding carboxylic acids is 1. The van der Waals surface area contributed by atoms with Gasteiger partial charge in [0.05, 0.1) is 5.75 Å². The number of sulfone groups is 1. The predicted octanol–water partition coefficient (Wildman–Crippen LogP) is 3.74. The molecule has 2 N–H and O–H groups in total. The topological polar surface area (TPSA) is 93.1 Å². The summed E-state index contributed by atoms with van der Waals surface area (Å²) in [6, 6.07) is 2.13. The fourth-order valence-electron chi connectivity index (χ4n) is 4.45. The molecule has 4 rings (SSSR count). The van der Waals surface area contributed by atoms with Crippen LogP contribution in [0.1, 0.15) is 47.3 Å². The van der Waals surface area contributed by atoms with E-state index < -0.39 is 9.84 Å². The Morgan fingerprint density at radius 2 is 1.90 bits per heavy atom. The van der Waals surface area contributed by atoms with Crippen LogP contribution in [0.25, 0.3) is 6.08 Å². The van der Waals surface area contributed by atoms with E-state index in [9.17, 15) is 13.2 Å². The van der Waals surface area contributed by atoms with Crippen LogP contribution in [-0.2, 0) is 42.1 Å². The molecular weight excluding hydrogens is 432 g/mol. The molecule has 0 radical (unpaired) electrons. The van der Waals surface area contributed by atoms with Crippen molar-refractivity contribution in [1.29, 1.82) is 0 Å². The Hall–Kier alpha value is -2.26. The molecule has 9 heteroatoms. The fraction of sp³-hybridized carbons (Fsp3) is 0.455. The van der Waals surface area contributed by atoms with Crippen molar-refractivity contribution >= 4 is 39.6 Å². The molecule has 0 saturated heterocycles. The van der Waals surface area contributed by atoms with Crippen molar-refractivity contribution in [3.63, 3.8) is 0 Å². The third-order valence-electron chi connectivity index (χ3n) is 5.81. The van der Waals surface area contributed by atoms with Crippen LogP contribution in [0, 0.1) is 0 Å². The number of aromatic nitrogens is 2. The van der Waals surface area contributed by atoms with Gasteiger partial charge >= 0.3 is 6.03 Å². The van der Waals surface area contributed by atoms with E-state index in [1.165, 1.54) is 40.5 Å². The Labute approximate surface area is 187 Å². The zero-order valence-electron chi connectivity index (χ0n) is 17.7. The second-order valence-electron chi connectivity index (χ2n) is 8.17. The van der Waals surface area contributed by atoms with E-state index in [0.717, 1.165) is 50.0 Å². The number of fused-ring (bicyclic) bond motifs is 2. The number of hydrogen-bond acceptors (Lipinski definition) is 5. The van der Waals surface area contributed by atoms with Crippen LogP contribution in [0.2, 0.25) is 0 Å². The molecule has 2 aliphatic rings. The first kappa shape index (κ1) is 22.0. The van der Waals surface area contributed by atoms with E-state index in [-0.39, 0.29) is 11.8 Å². The van der Waals surface area contributed by atoms with E-state index in [0.29, 0.717) is 13.0 Å². The third-order valence-corrected chi connectivity index (χ3v) is 7.42. The van der Waals surface area contributed by atoms with E-state index >= 15 is 0 Å². The van der Waals surface area contributed by atoms with Gasteiger partial charge in [-0.05, 0) is 90.6 Å². The number of imidazole rings is 1. The maximum absolute atomic E-state index is 12.5. The highest BCUT2D eigenvalue weighted by Gasteiger charge is 2.24. The molecule has 0 fully saturated rings. The molecule has 2 amide bonds. The summed E-state index contributed by atoms with van der Waals surface area (Å²) in [4.78, 5) is 16.8. The van der Waals surface area contributed by atoms with Crippen molar-refractivity contribution in [3.05, 3.63) is 51.9 Å². The minimum Gasteiger partial charge on any atom is -0.331 e. The molecule has 1 heterocycles. The number of anilines is 1. The zero-order chi connectivity index (χ0) is 21.8. The molecule has 7 nitrogen and oxygen atoms in total. The van der Waals surface area contributed by atoms with Crippen molar-refractivity contribution in [2.75, 3.05) is 17.3 Å². The number of nitrogens with zero attached hydrogens (tertiary/aromatic N) is 2. The third kappa shape index (κ3) is 5.51. The number of aryl methyl sites for hydroxylation is 3. The van der Waals surface area contributed by atoms with Gasteiger partial charge in [0.25, 0.3) is 0 Å². The summed E-state index contributed by atoms with van der Waals surface area (Å²) in [5.74, 6) is 0.874. The molecule has 166 valence electrons. The highest BCUT2D eigenvalue weighted by molar-refractivity contribution is 8.00. The van der Waals surface area contributed by atoms with Crippen LogP contribution in [0.3, 0.4) is 0 Å². The molecule has 2 aliphatic carbocycles. The smallest absolute Gasteiger partial charge is 0.329 e. The minimum absolute atomic E-state index is 0.150. The average molecular weight is 461 g/mol. The van der Waals surface area contributed by atoms with E-state index in [1.54, 1.807) is 11.6 Å². The normalized spacial score (nSPS) is 15.3. The molecule has 0 saturated carbocycles. The Balaban J connectivity index is 1.31. The number of benzene rings is 1. The first-order chi connectivity index (χ1) is 14.9. The second kappa shape index (κ2) is 9.48. The number of carbonyl (C=O) groups is 1. The molecule has 0 bridgehead atoms. The summed E-state index contributed by atoms with van der Waals surface area (Å²) >= 11 is 1.19. The van der Waals surface area contributed by atoms with Gasteiger partial charge in [-0.15, -0.1) is 0 Å². The van der Waals surface area contributed by atoms with Crippen LogP contribution < -0.4 is 10.0 Å². The van der Waals surface area contributed by atoms with Crippen molar-refractivity contribution in [2.24, 2.45) is 0 Å².